The molecule has 3 N–H and O–H groups in total. The maximum Gasteiger partial charge on any atom is 0.222 e. The van der Waals surface area contributed by atoms with Gasteiger partial charge < -0.3 is 15.1 Å². The van der Waals surface area contributed by atoms with Crippen molar-refractivity contribution >= 4 is 15.3 Å². The Labute approximate surface area is 111 Å². The second-order valence-corrected chi connectivity index (χ2v) is 4.96. The Bertz CT molecular complexity index is 369. The molecule has 1 aromatic rings. The molecule has 0 saturated carbocycles. The van der Waals surface area contributed by atoms with Crippen molar-refractivity contribution in [2.45, 2.75) is 32.5 Å². The molecule has 1 unspecified atom stereocenters. The van der Waals surface area contributed by atoms with Crippen LogP contribution in [0.15, 0.2) is 30.3 Å². The fourth-order valence-corrected chi connectivity index (χ4v) is 1.44. The summed E-state index contributed by atoms with van der Waals surface area (Å²) in [6, 6.07) is 9.86. The average Bonchev–Trinajstić information content (AvgIpc) is 2.37. The van der Waals surface area contributed by atoms with Crippen molar-refractivity contribution in [3.8, 4) is 0 Å². The minimum absolute atomic E-state index is 0.0124. The molecular formula is C13H22N2O2P+. The Kier molecular flexibility index (Phi) is 6.27. The third-order valence-electron chi connectivity index (χ3n) is 2.54. The van der Waals surface area contributed by atoms with Gasteiger partial charge in [-0.2, -0.15) is 0 Å². The van der Waals surface area contributed by atoms with Gasteiger partial charge in [-0.3, -0.25) is 4.79 Å². The van der Waals surface area contributed by atoms with Crippen LogP contribution < -0.4 is 10.4 Å². The van der Waals surface area contributed by atoms with Crippen molar-refractivity contribution < 1.29 is 14.6 Å². The average molecular weight is 269 g/mol. The maximum atomic E-state index is 11.6. The Morgan fingerprint density at radius 1 is 1.39 bits per heavy atom. The molecule has 1 rings (SSSR count). The molecule has 0 aliphatic heterocycles. The zero-order valence-electron chi connectivity index (χ0n) is 11.0. The molecule has 0 fully saturated rings. The molecule has 0 aromatic heterocycles. The van der Waals surface area contributed by atoms with Crippen LogP contribution in [0.1, 0.15) is 25.8 Å². The van der Waals surface area contributed by atoms with Gasteiger partial charge in [-0.1, -0.05) is 30.3 Å². The molecule has 0 heterocycles. The highest BCUT2D eigenvalue weighted by atomic mass is 31.0. The molecule has 0 radical (unpaired) electrons. The first-order chi connectivity index (χ1) is 8.53. The zero-order chi connectivity index (χ0) is 13.4. The zero-order valence-corrected chi connectivity index (χ0v) is 12.1. The molecule has 1 atom stereocenters. The SMILES string of the molecule is CC(C)([NH2+]P)OCCC(=O)NCc1ccccc1. The van der Waals surface area contributed by atoms with E-state index in [4.69, 9.17) is 4.74 Å². The molecule has 1 aromatic carbocycles. The van der Waals surface area contributed by atoms with Crippen LogP contribution in [0.4, 0.5) is 0 Å². The normalized spacial score (nSPS) is 11.3. The lowest BCUT2D eigenvalue weighted by atomic mass is 10.2. The first-order valence-electron chi connectivity index (χ1n) is 6.04. The van der Waals surface area contributed by atoms with Crippen LogP contribution in [0, 0.1) is 0 Å². The van der Waals surface area contributed by atoms with Gasteiger partial charge in [-0.25, -0.2) is 0 Å². The second-order valence-electron chi connectivity index (χ2n) is 4.63. The van der Waals surface area contributed by atoms with Crippen molar-refractivity contribution in [1.29, 1.82) is 0 Å². The van der Waals surface area contributed by atoms with E-state index >= 15 is 0 Å². The number of nitrogens with two attached hydrogens (primary N) is 1. The van der Waals surface area contributed by atoms with Crippen molar-refractivity contribution in [3.05, 3.63) is 35.9 Å². The largest absolute Gasteiger partial charge is 0.352 e. The van der Waals surface area contributed by atoms with Crippen molar-refractivity contribution in [2.24, 2.45) is 0 Å². The van der Waals surface area contributed by atoms with Crippen molar-refractivity contribution in [1.82, 2.24) is 5.32 Å². The van der Waals surface area contributed by atoms with E-state index < -0.39 is 0 Å². The van der Waals surface area contributed by atoms with Crippen molar-refractivity contribution in [3.63, 3.8) is 0 Å². The summed E-state index contributed by atoms with van der Waals surface area (Å²) in [7, 11) is 2.53. The summed E-state index contributed by atoms with van der Waals surface area (Å²) in [5, 5.41) is 4.77. The van der Waals surface area contributed by atoms with E-state index in [2.05, 4.69) is 14.7 Å². The van der Waals surface area contributed by atoms with E-state index in [1.807, 2.05) is 49.3 Å². The second kappa shape index (κ2) is 7.47. The number of nitrogens with one attached hydrogen (secondary N) is 1. The standard InChI is InChI=1S/C13H21N2O2P/c1-13(2,15-18)17-9-8-12(16)14-10-11-6-4-3-5-7-11/h3-7,15H,8-10,18H2,1-2H3,(H,14,16)/p+1. The van der Waals surface area contributed by atoms with Crippen LogP contribution in [-0.2, 0) is 16.1 Å². The van der Waals surface area contributed by atoms with Gasteiger partial charge in [0.15, 0.2) is 5.72 Å². The van der Waals surface area contributed by atoms with E-state index in [0.29, 0.717) is 19.6 Å². The summed E-state index contributed by atoms with van der Waals surface area (Å²) in [6.07, 6.45) is 0.384. The number of amides is 1. The summed E-state index contributed by atoms with van der Waals surface area (Å²) < 4.78 is 5.56. The number of benzene rings is 1. The number of ether oxygens (including phenoxy) is 1. The van der Waals surface area contributed by atoms with Gasteiger partial charge in [0.05, 0.1) is 22.4 Å². The number of rotatable bonds is 7. The molecule has 4 nitrogen and oxygen atoms in total. The number of hydrogen-bond acceptors (Lipinski definition) is 2. The van der Waals surface area contributed by atoms with Crippen LogP contribution in [-0.4, -0.2) is 18.2 Å². The smallest absolute Gasteiger partial charge is 0.222 e. The Morgan fingerprint density at radius 3 is 2.67 bits per heavy atom. The predicted molar refractivity (Wildman–Crippen MR) is 74.6 cm³/mol. The minimum atomic E-state index is -0.301. The van der Waals surface area contributed by atoms with E-state index in [0.717, 1.165) is 5.56 Å². The maximum absolute atomic E-state index is 11.6. The number of hydrogen-bond donors (Lipinski definition) is 2. The number of carbonyl (C=O) groups is 1. The monoisotopic (exact) mass is 269 g/mol. The first kappa shape index (κ1) is 15.1. The predicted octanol–water partition coefficient (Wildman–Crippen LogP) is 0.799. The molecule has 18 heavy (non-hydrogen) atoms. The van der Waals surface area contributed by atoms with E-state index in [-0.39, 0.29) is 11.6 Å². The van der Waals surface area contributed by atoms with Gasteiger partial charge in [0, 0.05) is 20.4 Å². The quantitative estimate of drug-likeness (QED) is 0.568. The van der Waals surface area contributed by atoms with E-state index in [9.17, 15) is 4.79 Å². The van der Waals surface area contributed by atoms with Crippen molar-refractivity contribution in [2.75, 3.05) is 6.61 Å². The molecule has 5 heteroatoms. The van der Waals surface area contributed by atoms with Gasteiger partial charge in [-0.15, -0.1) is 0 Å². The molecular weight excluding hydrogens is 247 g/mol. The van der Waals surface area contributed by atoms with Crippen LogP contribution in [0.2, 0.25) is 0 Å². The van der Waals surface area contributed by atoms with Gasteiger partial charge in [0.25, 0.3) is 0 Å². The fraction of sp³-hybridized carbons (Fsp3) is 0.462. The number of quaternary nitrogens is 1. The first-order valence-corrected chi connectivity index (χ1v) is 6.71. The number of carbonyl (C=O) groups excluding carboxylic acids is 1. The van der Waals surface area contributed by atoms with Gasteiger partial charge >= 0.3 is 0 Å². The van der Waals surface area contributed by atoms with Gasteiger partial charge in [-0.05, 0) is 5.56 Å². The highest BCUT2D eigenvalue weighted by Crippen LogP contribution is 2.00. The summed E-state index contributed by atoms with van der Waals surface area (Å²) in [5.41, 5.74) is 0.801. The highest BCUT2D eigenvalue weighted by molar-refractivity contribution is 7.07. The van der Waals surface area contributed by atoms with Crippen LogP contribution >= 0.6 is 9.39 Å². The molecule has 1 amide bonds. The van der Waals surface area contributed by atoms with E-state index in [1.165, 1.54) is 0 Å². The topological polar surface area (TPSA) is 54.9 Å². The molecule has 0 aliphatic carbocycles. The summed E-state index contributed by atoms with van der Waals surface area (Å²) in [5.74, 6) is 0.0124. The lowest BCUT2D eigenvalue weighted by Gasteiger charge is -2.20. The summed E-state index contributed by atoms with van der Waals surface area (Å²) >= 11 is 0. The Balaban J connectivity index is 2.19. The lowest BCUT2D eigenvalue weighted by Crippen LogP contribution is -2.86. The minimum Gasteiger partial charge on any atom is -0.352 e. The Morgan fingerprint density at radius 2 is 2.06 bits per heavy atom. The highest BCUT2D eigenvalue weighted by Gasteiger charge is 2.19. The fourth-order valence-electron chi connectivity index (χ4n) is 1.34. The van der Waals surface area contributed by atoms with Crippen LogP contribution in [0.5, 0.6) is 0 Å². The third kappa shape index (κ3) is 6.10. The third-order valence-corrected chi connectivity index (χ3v) is 3.34. The molecule has 0 bridgehead atoms. The lowest BCUT2D eigenvalue weighted by molar-refractivity contribution is -0.630. The molecule has 100 valence electrons. The molecule has 0 spiro atoms. The van der Waals surface area contributed by atoms with Crippen LogP contribution in [0.25, 0.3) is 0 Å². The molecule has 0 saturated heterocycles. The summed E-state index contributed by atoms with van der Waals surface area (Å²) in [6.45, 7) is 4.92. The molecule has 0 aliphatic rings. The van der Waals surface area contributed by atoms with E-state index in [1.54, 1.807) is 0 Å². The van der Waals surface area contributed by atoms with Gasteiger partial charge in [0.2, 0.25) is 5.91 Å². The van der Waals surface area contributed by atoms with Gasteiger partial charge in [0.1, 0.15) is 0 Å². The van der Waals surface area contributed by atoms with Crippen LogP contribution in [0.3, 0.4) is 0 Å². The summed E-state index contributed by atoms with van der Waals surface area (Å²) in [4.78, 5) is 11.6. The Hall–Kier alpha value is -0.960.